The molecule has 3 N–H and O–H groups in total. The molecule has 0 saturated carbocycles. The molecule has 3 nitrogen and oxygen atoms in total. The minimum Gasteiger partial charge on any atom is -0.394 e. The molecular weight excluding hydrogens is 224 g/mol. The standard InChI is InChI=1S/C15H26N2O/c1-4-8-13(2)17(3)11-15(16,12-18)14-9-6-5-7-10-14/h5-7,9-10,13,18H,4,8,11-12,16H2,1-3H3. The Hall–Kier alpha value is -0.900. The summed E-state index contributed by atoms with van der Waals surface area (Å²) in [7, 11) is 2.07. The van der Waals surface area contributed by atoms with E-state index in [1.54, 1.807) is 0 Å². The van der Waals surface area contributed by atoms with Crippen molar-refractivity contribution in [2.45, 2.75) is 38.3 Å². The van der Waals surface area contributed by atoms with Crippen molar-refractivity contribution in [3.8, 4) is 0 Å². The minimum atomic E-state index is -0.683. The summed E-state index contributed by atoms with van der Waals surface area (Å²) in [6.07, 6.45) is 2.31. The first-order valence-electron chi connectivity index (χ1n) is 6.69. The lowest BCUT2D eigenvalue weighted by atomic mass is 9.91. The number of hydrogen-bond acceptors (Lipinski definition) is 3. The quantitative estimate of drug-likeness (QED) is 0.777. The smallest absolute Gasteiger partial charge is 0.0772 e. The second kappa shape index (κ2) is 6.88. The molecule has 102 valence electrons. The SMILES string of the molecule is CCCC(C)N(C)CC(N)(CO)c1ccccc1. The van der Waals surface area contributed by atoms with E-state index in [1.807, 2.05) is 30.3 Å². The zero-order valence-corrected chi connectivity index (χ0v) is 11.8. The summed E-state index contributed by atoms with van der Waals surface area (Å²) < 4.78 is 0. The van der Waals surface area contributed by atoms with E-state index in [2.05, 4.69) is 25.8 Å². The molecule has 0 radical (unpaired) electrons. The Kier molecular flexibility index (Phi) is 5.79. The van der Waals surface area contributed by atoms with Gasteiger partial charge in [-0.1, -0.05) is 43.7 Å². The highest BCUT2D eigenvalue weighted by Crippen LogP contribution is 2.20. The molecule has 0 bridgehead atoms. The molecule has 0 saturated heterocycles. The van der Waals surface area contributed by atoms with Crippen LogP contribution < -0.4 is 5.73 Å². The van der Waals surface area contributed by atoms with Gasteiger partial charge in [-0.3, -0.25) is 0 Å². The first-order chi connectivity index (χ1) is 8.53. The molecule has 2 unspecified atom stereocenters. The van der Waals surface area contributed by atoms with Crippen molar-refractivity contribution in [1.82, 2.24) is 4.90 Å². The van der Waals surface area contributed by atoms with E-state index in [1.165, 1.54) is 0 Å². The highest BCUT2D eigenvalue weighted by Gasteiger charge is 2.29. The number of aliphatic hydroxyl groups is 1. The van der Waals surface area contributed by atoms with Crippen molar-refractivity contribution < 1.29 is 5.11 Å². The van der Waals surface area contributed by atoms with Gasteiger partial charge in [0, 0.05) is 12.6 Å². The molecule has 0 heterocycles. The maximum atomic E-state index is 9.65. The highest BCUT2D eigenvalue weighted by atomic mass is 16.3. The van der Waals surface area contributed by atoms with Crippen LogP contribution in [0.2, 0.25) is 0 Å². The second-order valence-electron chi connectivity index (χ2n) is 5.23. The number of rotatable bonds is 7. The van der Waals surface area contributed by atoms with Gasteiger partial charge < -0.3 is 15.7 Å². The van der Waals surface area contributed by atoms with Crippen LogP contribution in [0.1, 0.15) is 32.3 Å². The van der Waals surface area contributed by atoms with Crippen LogP contribution in [0.25, 0.3) is 0 Å². The molecule has 18 heavy (non-hydrogen) atoms. The third-order valence-corrected chi connectivity index (χ3v) is 3.62. The molecule has 0 aliphatic rings. The second-order valence-corrected chi connectivity index (χ2v) is 5.23. The van der Waals surface area contributed by atoms with E-state index in [-0.39, 0.29) is 6.61 Å². The molecule has 1 aromatic rings. The summed E-state index contributed by atoms with van der Waals surface area (Å²) in [5.74, 6) is 0. The van der Waals surface area contributed by atoms with Gasteiger partial charge in [-0.25, -0.2) is 0 Å². The zero-order valence-electron chi connectivity index (χ0n) is 11.8. The van der Waals surface area contributed by atoms with Crippen molar-refractivity contribution in [3.05, 3.63) is 35.9 Å². The predicted octanol–water partition coefficient (Wildman–Crippen LogP) is 1.95. The first-order valence-corrected chi connectivity index (χ1v) is 6.69. The zero-order chi connectivity index (χ0) is 13.6. The lowest BCUT2D eigenvalue weighted by Gasteiger charge is -2.35. The normalized spacial score (nSPS) is 16.6. The molecule has 0 spiro atoms. The van der Waals surface area contributed by atoms with Gasteiger partial charge in [0.15, 0.2) is 0 Å². The van der Waals surface area contributed by atoms with Gasteiger partial charge in [-0.05, 0) is 26.0 Å². The summed E-state index contributed by atoms with van der Waals surface area (Å²) >= 11 is 0. The van der Waals surface area contributed by atoms with E-state index < -0.39 is 5.54 Å². The van der Waals surface area contributed by atoms with Gasteiger partial charge in [0.05, 0.1) is 12.1 Å². The summed E-state index contributed by atoms with van der Waals surface area (Å²) in [5, 5.41) is 9.65. The monoisotopic (exact) mass is 250 g/mol. The fourth-order valence-electron chi connectivity index (χ4n) is 2.24. The minimum absolute atomic E-state index is 0.0415. The van der Waals surface area contributed by atoms with Crippen molar-refractivity contribution >= 4 is 0 Å². The first kappa shape index (κ1) is 15.2. The molecule has 0 amide bonds. The number of benzene rings is 1. The molecular formula is C15H26N2O. The van der Waals surface area contributed by atoms with Gasteiger partial charge in [0.25, 0.3) is 0 Å². The Balaban J connectivity index is 2.77. The lowest BCUT2D eigenvalue weighted by Crippen LogP contribution is -2.51. The number of nitrogens with zero attached hydrogens (tertiary/aromatic N) is 1. The van der Waals surface area contributed by atoms with Crippen LogP contribution >= 0.6 is 0 Å². The van der Waals surface area contributed by atoms with Gasteiger partial charge in [-0.2, -0.15) is 0 Å². The van der Waals surface area contributed by atoms with E-state index in [4.69, 9.17) is 5.73 Å². The Labute approximate surface area is 111 Å². The van der Waals surface area contributed by atoms with E-state index in [0.29, 0.717) is 12.6 Å². The highest BCUT2D eigenvalue weighted by molar-refractivity contribution is 5.24. The predicted molar refractivity (Wildman–Crippen MR) is 76.4 cm³/mol. The van der Waals surface area contributed by atoms with Gasteiger partial charge in [0.2, 0.25) is 0 Å². The number of hydrogen-bond donors (Lipinski definition) is 2. The van der Waals surface area contributed by atoms with Crippen LogP contribution in [0, 0.1) is 0 Å². The average molecular weight is 250 g/mol. The molecule has 0 aliphatic carbocycles. The van der Waals surface area contributed by atoms with Crippen LogP contribution in [0.5, 0.6) is 0 Å². The largest absolute Gasteiger partial charge is 0.394 e. The van der Waals surface area contributed by atoms with Crippen LogP contribution in [0.4, 0.5) is 0 Å². The number of nitrogens with two attached hydrogens (primary N) is 1. The van der Waals surface area contributed by atoms with Crippen LogP contribution in [0.15, 0.2) is 30.3 Å². The maximum absolute atomic E-state index is 9.65. The van der Waals surface area contributed by atoms with Crippen molar-refractivity contribution in [3.63, 3.8) is 0 Å². The molecule has 0 aliphatic heterocycles. The third-order valence-electron chi connectivity index (χ3n) is 3.62. The fraction of sp³-hybridized carbons (Fsp3) is 0.600. The molecule has 3 heteroatoms. The van der Waals surface area contributed by atoms with Crippen LogP contribution in [-0.2, 0) is 5.54 Å². The number of likely N-dealkylation sites (N-methyl/N-ethyl adjacent to an activating group) is 1. The van der Waals surface area contributed by atoms with Crippen LogP contribution in [0.3, 0.4) is 0 Å². The molecule has 2 atom stereocenters. The Morgan fingerprint density at radius 3 is 2.44 bits per heavy atom. The Morgan fingerprint density at radius 2 is 1.94 bits per heavy atom. The van der Waals surface area contributed by atoms with E-state index >= 15 is 0 Å². The van der Waals surface area contributed by atoms with Crippen molar-refractivity contribution in [1.29, 1.82) is 0 Å². The lowest BCUT2D eigenvalue weighted by molar-refractivity contribution is 0.127. The van der Waals surface area contributed by atoms with Gasteiger partial charge >= 0.3 is 0 Å². The van der Waals surface area contributed by atoms with E-state index in [0.717, 1.165) is 18.4 Å². The van der Waals surface area contributed by atoms with Crippen molar-refractivity contribution in [2.75, 3.05) is 20.2 Å². The number of aliphatic hydroxyl groups excluding tert-OH is 1. The molecule has 0 fully saturated rings. The van der Waals surface area contributed by atoms with E-state index in [9.17, 15) is 5.11 Å². The summed E-state index contributed by atoms with van der Waals surface area (Å²) in [4.78, 5) is 2.23. The average Bonchev–Trinajstić information content (AvgIpc) is 2.39. The summed E-state index contributed by atoms with van der Waals surface area (Å²) in [5.41, 5.74) is 6.67. The van der Waals surface area contributed by atoms with Crippen LogP contribution in [-0.4, -0.2) is 36.2 Å². The fourth-order valence-corrected chi connectivity index (χ4v) is 2.24. The Bertz CT molecular complexity index is 342. The Morgan fingerprint density at radius 1 is 1.33 bits per heavy atom. The third kappa shape index (κ3) is 3.80. The molecule has 0 aromatic heterocycles. The van der Waals surface area contributed by atoms with Crippen molar-refractivity contribution in [2.24, 2.45) is 5.73 Å². The topological polar surface area (TPSA) is 49.5 Å². The van der Waals surface area contributed by atoms with Gasteiger partial charge in [0.1, 0.15) is 0 Å². The molecule has 1 aromatic carbocycles. The maximum Gasteiger partial charge on any atom is 0.0772 e. The molecule has 1 rings (SSSR count). The van der Waals surface area contributed by atoms with Gasteiger partial charge in [-0.15, -0.1) is 0 Å². The summed E-state index contributed by atoms with van der Waals surface area (Å²) in [6, 6.07) is 10.3. The summed E-state index contributed by atoms with van der Waals surface area (Å²) in [6.45, 7) is 5.00.